The molecule has 7 aromatic rings. The Morgan fingerprint density at radius 1 is 0.357 bits per heavy atom. The number of rotatable bonds is 3. The summed E-state index contributed by atoms with van der Waals surface area (Å²) >= 11 is 0. The Bertz CT molecular complexity index is 2060. The monoisotopic (exact) mass is 533 g/mol. The molecular formula is C41H27N. The molecule has 0 unspecified atom stereocenters. The molecule has 0 heterocycles. The Labute approximate surface area is 246 Å². The number of nitrogens with zero attached hydrogens (tertiary/aromatic N) is 1. The fraction of sp³-hybridized carbons (Fsp3) is 0.0244. The standard InChI is InChI=1S/C41H27N/c1-3-14-29(15-4-1)42(30-16-5-2-6-17-30)31-24-25-35-39(27-31)41(38-26-23-28-13-7-8-18-32(28)40(35)38)36-21-11-9-19-33(36)34-20-10-12-22-37(34)41/h1-27H. The number of para-hydroxylation sites is 2. The molecule has 2 aliphatic carbocycles. The normalized spacial score (nSPS) is 13.4. The molecule has 1 spiro atoms. The van der Waals surface area contributed by atoms with Crippen LogP contribution in [-0.2, 0) is 5.41 Å². The second-order valence-electron chi connectivity index (χ2n) is 11.3. The van der Waals surface area contributed by atoms with Crippen LogP contribution in [0.15, 0.2) is 164 Å². The highest BCUT2D eigenvalue weighted by molar-refractivity contribution is 6.06. The summed E-state index contributed by atoms with van der Waals surface area (Å²) in [5.74, 6) is 0. The van der Waals surface area contributed by atoms with Crippen molar-refractivity contribution in [1.82, 2.24) is 0 Å². The van der Waals surface area contributed by atoms with Gasteiger partial charge in [-0.05, 0) is 91.7 Å². The van der Waals surface area contributed by atoms with E-state index in [2.05, 4.69) is 169 Å². The van der Waals surface area contributed by atoms with Crippen LogP contribution in [0.3, 0.4) is 0 Å². The largest absolute Gasteiger partial charge is 0.310 e. The summed E-state index contributed by atoms with van der Waals surface area (Å²) in [4.78, 5) is 2.38. The molecule has 2 aliphatic rings. The minimum Gasteiger partial charge on any atom is -0.310 e. The molecule has 0 atom stereocenters. The van der Waals surface area contributed by atoms with Crippen molar-refractivity contribution in [3.05, 3.63) is 186 Å². The van der Waals surface area contributed by atoms with Crippen molar-refractivity contribution in [3.8, 4) is 22.3 Å². The van der Waals surface area contributed by atoms with Gasteiger partial charge < -0.3 is 4.90 Å². The van der Waals surface area contributed by atoms with Crippen molar-refractivity contribution in [2.24, 2.45) is 0 Å². The minimum absolute atomic E-state index is 0.392. The van der Waals surface area contributed by atoms with Crippen LogP contribution < -0.4 is 4.90 Å². The van der Waals surface area contributed by atoms with Crippen molar-refractivity contribution in [3.63, 3.8) is 0 Å². The number of hydrogen-bond donors (Lipinski definition) is 0. The maximum Gasteiger partial charge on any atom is 0.0726 e. The highest BCUT2D eigenvalue weighted by Crippen LogP contribution is 2.64. The molecule has 7 aromatic carbocycles. The molecule has 1 nitrogen and oxygen atoms in total. The van der Waals surface area contributed by atoms with Crippen LogP contribution in [0.2, 0.25) is 0 Å². The van der Waals surface area contributed by atoms with Crippen molar-refractivity contribution in [1.29, 1.82) is 0 Å². The zero-order chi connectivity index (χ0) is 27.7. The van der Waals surface area contributed by atoms with Gasteiger partial charge in [0.1, 0.15) is 0 Å². The van der Waals surface area contributed by atoms with Crippen LogP contribution in [0.1, 0.15) is 22.3 Å². The van der Waals surface area contributed by atoms with Gasteiger partial charge in [0, 0.05) is 17.1 Å². The van der Waals surface area contributed by atoms with E-state index in [0.717, 1.165) is 17.1 Å². The van der Waals surface area contributed by atoms with Gasteiger partial charge >= 0.3 is 0 Å². The van der Waals surface area contributed by atoms with Gasteiger partial charge in [-0.3, -0.25) is 0 Å². The van der Waals surface area contributed by atoms with E-state index in [-0.39, 0.29) is 0 Å². The van der Waals surface area contributed by atoms with Gasteiger partial charge in [0.05, 0.1) is 5.41 Å². The molecular weight excluding hydrogens is 506 g/mol. The SMILES string of the molecule is c1ccc(N(c2ccccc2)c2ccc3c(c2)C2(c4ccccc4-c4ccccc42)c2ccc4ccccc4c2-3)cc1. The predicted molar refractivity (Wildman–Crippen MR) is 175 cm³/mol. The Hall–Kier alpha value is -5.40. The Balaban J connectivity index is 1.41. The van der Waals surface area contributed by atoms with E-state index < -0.39 is 5.41 Å². The second kappa shape index (κ2) is 8.80. The third-order valence-corrected chi connectivity index (χ3v) is 9.25. The fourth-order valence-electron chi connectivity index (χ4n) is 7.64. The first kappa shape index (κ1) is 23.3. The number of benzene rings is 7. The molecule has 196 valence electrons. The summed E-state index contributed by atoms with van der Waals surface area (Å²) in [7, 11) is 0. The summed E-state index contributed by atoms with van der Waals surface area (Å²) < 4.78 is 0. The zero-order valence-corrected chi connectivity index (χ0v) is 23.0. The third kappa shape index (κ3) is 3.03. The Morgan fingerprint density at radius 3 is 1.60 bits per heavy atom. The van der Waals surface area contributed by atoms with Crippen molar-refractivity contribution in [2.45, 2.75) is 5.41 Å². The smallest absolute Gasteiger partial charge is 0.0726 e. The summed E-state index contributed by atoms with van der Waals surface area (Å²) in [5, 5.41) is 2.59. The average Bonchev–Trinajstić information content (AvgIpc) is 3.53. The van der Waals surface area contributed by atoms with Crippen LogP contribution in [0.25, 0.3) is 33.0 Å². The summed E-state index contributed by atoms with van der Waals surface area (Å²) in [6.07, 6.45) is 0. The fourth-order valence-corrected chi connectivity index (χ4v) is 7.64. The van der Waals surface area contributed by atoms with E-state index in [1.165, 1.54) is 55.3 Å². The summed E-state index contributed by atoms with van der Waals surface area (Å²) in [5.41, 5.74) is 13.8. The zero-order valence-electron chi connectivity index (χ0n) is 23.0. The van der Waals surface area contributed by atoms with Crippen molar-refractivity contribution in [2.75, 3.05) is 4.90 Å². The van der Waals surface area contributed by atoms with Crippen LogP contribution in [0, 0.1) is 0 Å². The molecule has 0 saturated carbocycles. The minimum atomic E-state index is -0.392. The lowest BCUT2D eigenvalue weighted by Crippen LogP contribution is -2.26. The van der Waals surface area contributed by atoms with Gasteiger partial charge in [-0.2, -0.15) is 0 Å². The molecule has 0 bridgehead atoms. The predicted octanol–water partition coefficient (Wildman–Crippen LogP) is 10.7. The van der Waals surface area contributed by atoms with Gasteiger partial charge in [0.15, 0.2) is 0 Å². The average molecular weight is 534 g/mol. The molecule has 0 saturated heterocycles. The Morgan fingerprint density at radius 2 is 0.929 bits per heavy atom. The topological polar surface area (TPSA) is 3.24 Å². The van der Waals surface area contributed by atoms with Gasteiger partial charge in [0.2, 0.25) is 0 Å². The van der Waals surface area contributed by atoms with Gasteiger partial charge in [0.25, 0.3) is 0 Å². The molecule has 0 aliphatic heterocycles. The molecule has 0 aromatic heterocycles. The molecule has 1 heteroatoms. The maximum atomic E-state index is 2.46. The van der Waals surface area contributed by atoms with Crippen LogP contribution >= 0.6 is 0 Å². The van der Waals surface area contributed by atoms with E-state index in [1.807, 2.05) is 0 Å². The Kier molecular flexibility index (Phi) is 4.88. The number of anilines is 3. The van der Waals surface area contributed by atoms with Crippen molar-refractivity contribution < 1.29 is 0 Å². The lowest BCUT2D eigenvalue weighted by atomic mass is 9.70. The molecule has 0 radical (unpaired) electrons. The first-order chi connectivity index (χ1) is 20.9. The number of hydrogen-bond acceptors (Lipinski definition) is 1. The van der Waals surface area contributed by atoms with E-state index in [4.69, 9.17) is 0 Å². The first-order valence-electron chi connectivity index (χ1n) is 14.6. The summed E-state index contributed by atoms with van der Waals surface area (Å²) in [6.45, 7) is 0. The summed E-state index contributed by atoms with van der Waals surface area (Å²) in [6, 6.07) is 60.1. The molecule has 0 fully saturated rings. The quantitative estimate of drug-likeness (QED) is 0.218. The lowest BCUT2D eigenvalue weighted by molar-refractivity contribution is 0.794. The lowest BCUT2D eigenvalue weighted by Gasteiger charge is -2.32. The van der Waals surface area contributed by atoms with Crippen LogP contribution in [0.4, 0.5) is 17.1 Å². The molecule has 42 heavy (non-hydrogen) atoms. The van der Waals surface area contributed by atoms with E-state index in [1.54, 1.807) is 0 Å². The third-order valence-electron chi connectivity index (χ3n) is 9.25. The highest BCUT2D eigenvalue weighted by atomic mass is 15.1. The number of fused-ring (bicyclic) bond motifs is 12. The van der Waals surface area contributed by atoms with Gasteiger partial charge in [-0.25, -0.2) is 0 Å². The molecule has 0 amide bonds. The molecule has 9 rings (SSSR count). The highest BCUT2D eigenvalue weighted by Gasteiger charge is 2.52. The first-order valence-corrected chi connectivity index (χ1v) is 14.6. The maximum absolute atomic E-state index is 2.46. The molecule has 0 N–H and O–H groups in total. The van der Waals surface area contributed by atoms with Gasteiger partial charge in [-0.15, -0.1) is 0 Å². The van der Waals surface area contributed by atoms with E-state index >= 15 is 0 Å². The van der Waals surface area contributed by atoms with E-state index in [0.29, 0.717) is 0 Å². The van der Waals surface area contributed by atoms with Crippen molar-refractivity contribution >= 4 is 27.8 Å². The second-order valence-corrected chi connectivity index (χ2v) is 11.3. The van der Waals surface area contributed by atoms with Crippen LogP contribution in [0.5, 0.6) is 0 Å². The van der Waals surface area contributed by atoms with E-state index in [9.17, 15) is 0 Å². The van der Waals surface area contributed by atoms with Crippen LogP contribution in [-0.4, -0.2) is 0 Å². The van der Waals surface area contributed by atoms with Gasteiger partial charge in [-0.1, -0.05) is 127 Å².